The Kier molecular flexibility index (Phi) is 7.39. The summed E-state index contributed by atoms with van der Waals surface area (Å²) in [6, 6.07) is 9.35. The molecular formula is C22H20F3N3O6. The van der Waals surface area contributed by atoms with Gasteiger partial charge in [0.1, 0.15) is 0 Å². The molecule has 1 aliphatic heterocycles. The molecule has 0 spiro atoms. The number of aryl methyl sites for hydroxylation is 2. The molecule has 0 fully saturated rings. The van der Waals surface area contributed by atoms with Crippen molar-refractivity contribution in [1.29, 1.82) is 0 Å². The number of carbonyl (C=O) groups is 3. The number of para-hydroxylation sites is 1. The summed E-state index contributed by atoms with van der Waals surface area (Å²) in [6.07, 6.45) is -4.95. The van der Waals surface area contributed by atoms with Gasteiger partial charge in [-0.1, -0.05) is 12.1 Å². The van der Waals surface area contributed by atoms with E-state index in [-0.39, 0.29) is 30.5 Å². The number of hydrogen-bond donors (Lipinski definition) is 2. The number of fused-ring (bicyclic) bond motifs is 2. The Hall–Kier alpha value is -4.09. The molecule has 9 nitrogen and oxygen atoms in total. The van der Waals surface area contributed by atoms with Crippen molar-refractivity contribution < 1.29 is 41.8 Å². The highest BCUT2D eigenvalue weighted by molar-refractivity contribution is 5.94. The second-order valence-electron chi connectivity index (χ2n) is 7.22. The number of nitrogens with zero attached hydrogens (tertiary/aromatic N) is 1. The number of halogens is 3. The van der Waals surface area contributed by atoms with Crippen molar-refractivity contribution in [3.8, 4) is 11.5 Å². The van der Waals surface area contributed by atoms with Crippen LogP contribution in [0.4, 0.5) is 18.9 Å². The van der Waals surface area contributed by atoms with Crippen molar-refractivity contribution in [1.82, 2.24) is 0 Å². The minimum Gasteiger partial charge on any atom is -0.489 e. The topological polar surface area (TPSA) is 143 Å². The van der Waals surface area contributed by atoms with E-state index in [2.05, 4.69) is 9.73 Å². The van der Waals surface area contributed by atoms with Crippen molar-refractivity contribution in [3.05, 3.63) is 53.1 Å². The van der Waals surface area contributed by atoms with Crippen molar-refractivity contribution >= 4 is 29.6 Å². The van der Waals surface area contributed by atoms with E-state index in [4.69, 9.17) is 20.9 Å². The van der Waals surface area contributed by atoms with E-state index < -0.39 is 30.5 Å². The molecule has 0 bridgehead atoms. The number of aliphatic imine (C=N–C) groups is 1. The van der Waals surface area contributed by atoms with Gasteiger partial charge in [-0.3, -0.25) is 4.79 Å². The van der Waals surface area contributed by atoms with Crippen LogP contribution in [0, 0.1) is 0 Å². The monoisotopic (exact) mass is 479 g/mol. The van der Waals surface area contributed by atoms with Gasteiger partial charge in [-0.25, -0.2) is 14.6 Å². The van der Waals surface area contributed by atoms with E-state index in [1.165, 1.54) is 12.1 Å². The van der Waals surface area contributed by atoms with Crippen LogP contribution in [0.5, 0.6) is 11.5 Å². The second-order valence-corrected chi connectivity index (χ2v) is 7.22. The molecule has 0 aromatic heterocycles. The molecule has 0 unspecified atom stereocenters. The number of esters is 3. The van der Waals surface area contributed by atoms with E-state index in [1.54, 1.807) is 24.3 Å². The van der Waals surface area contributed by atoms with E-state index in [1.807, 2.05) is 0 Å². The van der Waals surface area contributed by atoms with Gasteiger partial charge in [-0.15, -0.1) is 0 Å². The van der Waals surface area contributed by atoms with E-state index in [0.29, 0.717) is 35.2 Å². The summed E-state index contributed by atoms with van der Waals surface area (Å²) in [5.74, 6) is -4.47. The quantitative estimate of drug-likeness (QED) is 0.224. The SMILES string of the molecule is NC(N)=Nc1ccc2c(c1)CCCOc1c(CCC(=O)OC(=O)C(F)(F)F)cccc1OC2=O. The summed E-state index contributed by atoms with van der Waals surface area (Å²) in [6.45, 7) is 0.213. The molecule has 0 radical (unpaired) electrons. The van der Waals surface area contributed by atoms with Gasteiger partial charge in [0.25, 0.3) is 0 Å². The fourth-order valence-electron chi connectivity index (χ4n) is 3.25. The number of guanidine groups is 1. The van der Waals surface area contributed by atoms with Gasteiger partial charge >= 0.3 is 24.1 Å². The van der Waals surface area contributed by atoms with Crippen LogP contribution in [0.1, 0.15) is 34.3 Å². The van der Waals surface area contributed by atoms with Gasteiger partial charge in [0, 0.05) is 0 Å². The van der Waals surface area contributed by atoms with Gasteiger partial charge in [0.15, 0.2) is 17.5 Å². The molecular weight excluding hydrogens is 459 g/mol. The van der Waals surface area contributed by atoms with Gasteiger partial charge in [0.2, 0.25) is 0 Å². The second kappa shape index (κ2) is 10.2. The van der Waals surface area contributed by atoms with Gasteiger partial charge in [-0.05, 0) is 54.7 Å². The van der Waals surface area contributed by atoms with Crippen LogP contribution in [-0.4, -0.2) is 36.7 Å². The van der Waals surface area contributed by atoms with Crippen LogP contribution in [0.25, 0.3) is 0 Å². The fourth-order valence-corrected chi connectivity index (χ4v) is 3.25. The van der Waals surface area contributed by atoms with E-state index >= 15 is 0 Å². The first-order valence-corrected chi connectivity index (χ1v) is 10.1. The molecule has 3 rings (SSSR count). The number of carbonyl (C=O) groups excluding carboxylic acids is 3. The third-order valence-corrected chi connectivity index (χ3v) is 4.70. The molecule has 2 aromatic rings. The van der Waals surface area contributed by atoms with Gasteiger partial charge in [-0.2, -0.15) is 13.2 Å². The zero-order valence-electron chi connectivity index (χ0n) is 17.7. The molecule has 34 heavy (non-hydrogen) atoms. The molecule has 0 aliphatic carbocycles. The molecule has 0 saturated heterocycles. The molecule has 1 heterocycles. The maximum atomic E-state index is 12.8. The highest BCUT2D eigenvalue weighted by Gasteiger charge is 2.42. The predicted octanol–water partition coefficient (Wildman–Crippen LogP) is 2.70. The normalized spacial score (nSPS) is 13.4. The zero-order valence-corrected chi connectivity index (χ0v) is 17.7. The number of ether oxygens (including phenoxy) is 3. The van der Waals surface area contributed by atoms with Crippen molar-refractivity contribution in [2.75, 3.05) is 6.61 Å². The summed E-state index contributed by atoms with van der Waals surface area (Å²) in [5.41, 5.74) is 12.6. The third-order valence-electron chi connectivity index (χ3n) is 4.70. The lowest BCUT2D eigenvalue weighted by Gasteiger charge is -2.18. The molecule has 0 amide bonds. The Morgan fingerprint density at radius 3 is 2.62 bits per heavy atom. The molecule has 0 atom stereocenters. The number of hydrogen-bond acceptors (Lipinski definition) is 7. The Balaban J connectivity index is 1.80. The minimum atomic E-state index is -5.27. The highest BCUT2D eigenvalue weighted by atomic mass is 19.4. The van der Waals surface area contributed by atoms with Crippen LogP contribution >= 0.6 is 0 Å². The van der Waals surface area contributed by atoms with Crippen LogP contribution in [0.3, 0.4) is 0 Å². The smallest absolute Gasteiger partial charge is 0.489 e. The third kappa shape index (κ3) is 6.24. The average Bonchev–Trinajstić information content (AvgIpc) is 2.75. The fraction of sp³-hybridized carbons (Fsp3) is 0.273. The Morgan fingerprint density at radius 1 is 1.15 bits per heavy atom. The maximum absolute atomic E-state index is 12.8. The lowest BCUT2D eigenvalue weighted by atomic mass is 10.0. The first-order chi connectivity index (χ1) is 16.0. The van der Waals surface area contributed by atoms with Crippen molar-refractivity contribution in [2.45, 2.75) is 31.9 Å². The highest BCUT2D eigenvalue weighted by Crippen LogP contribution is 2.34. The molecule has 0 saturated carbocycles. The lowest BCUT2D eigenvalue weighted by Crippen LogP contribution is -2.28. The van der Waals surface area contributed by atoms with E-state index in [9.17, 15) is 27.6 Å². The van der Waals surface area contributed by atoms with Crippen LogP contribution in [-0.2, 0) is 27.2 Å². The maximum Gasteiger partial charge on any atom is 0.491 e. The van der Waals surface area contributed by atoms with Gasteiger partial charge < -0.3 is 25.7 Å². The summed E-state index contributed by atoms with van der Waals surface area (Å²) >= 11 is 0. The van der Waals surface area contributed by atoms with Crippen molar-refractivity contribution in [3.63, 3.8) is 0 Å². The predicted molar refractivity (Wildman–Crippen MR) is 113 cm³/mol. The molecule has 12 heteroatoms. The van der Waals surface area contributed by atoms with Crippen LogP contribution < -0.4 is 20.9 Å². The Morgan fingerprint density at radius 2 is 1.91 bits per heavy atom. The first kappa shape index (κ1) is 24.6. The molecule has 1 aliphatic rings. The Labute approximate surface area is 191 Å². The largest absolute Gasteiger partial charge is 0.491 e. The number of alkyl halides is 3. The number of rotatable bonds is 4. The van der Waals surface area contributed by atoms with Crippen molar-refractivity contribution in [2.24, 2.45) is 16.5 Å². The summed E-state index contributed by atoms with van der Waals surface area (Å²) in [7, 11) is 0. The molecule has 2 aromatic carbocycles. The minimum absolute atomic E-state index is 0.0726. The van der Waals surface area contributed by atoms with Gasteiger partial charge in [0.05, 0.1) is 24.3 Å². The Bertz CT molecular complexity index is 1140. The lowest BCUT2D eigenvalue weighted by molar-refractivity contribution is -0.201. The van der Waals surface area contributed by atoms with E-state index in [0.717, 1.165) is 0 Å². The number of nitrogens with two attached hydrogens (primary N) is 2. The standard InChI is InChI=1S/C22H20F3N3O6/c23-22(24,25)20(31)34-17(29)9-6-12-3-1-5-16-18(12)32-10-2-4-13-11-14(28-21(26)27)7-8-15(13)19(30)33-16/h1,3,5,7-8,11H,2,4,6,9-10H2,(H4,26,27,28). The first-order valence-electron chi connectivity index (χ1n) is 10.1. The molecule has 180 valence electrons. The zero-order chi connectivity index (χ0) is 24.9. The average molecular weight is 479 g/mol. The summed E-state index contributed by atoms with van der Waals surface area (Å²) < 4.78 is 51.9. The van der Waals surface area contributed by atoms with Crippen LogP contribution in [0.2, 0.25) is 0 Å². The summed E-state index contributed by atoms with van der Waals surface area (Å²) in [5, 5.41) is 0. The number of benzene rings is 2. The van der Waals surface area contributed by atoms with Crippen LogP contribution in [0.15, 0.2) is 41.4 Å². The summed E-state index contributed by atoms with van der Waals surface area (Å²) in [4.78, 5) is 39.3. The molecule has 4 N–H and O–H groups in total.